The largest absolute Gasteiger partial charge is 0.449 e. The van der Waals surface area contributed by atoms with E-state index in [1.54, 1.807) is 13.8 Å². The van der Waals surface area contributed by atoms with E-state index in [-0.39, 0.29) is 19.0 Å². The predicted molar refractivity (Wildman–Crippen MR) is 45.1 cm³/mol. The van der Waals surface area contributed by atoms with Crippen LogP contribution in [0.25, 0.3) is 0 Å². The highest BCUT2D eigenvalue weighted by molar-refractivity contribution is 6.28. The van der Waals surface area contributed by atoms with E-state index in [1.165, 1.54) is 0 Å². The summed E-state index contributed by atoms with van der Waals surface area (Å²) in [5, 5.41) is 0. The molecule has 0 radical (unpaired) electrons. The number of rotatable bonds is 3. The molecule has 2 amide bonds. The molecule has 0 unspecified atom stereocenters. The zero-order chi connectivity index (χ0) is 9.56. The number of amides is 2. The summed E-state index contributed by atoms with van der Waals surface area (Å²) in [6.07, 6.45) is -0.634. The van der Waals surface area contributed by atoms with Gasteiger partial charge in [0.15, 0.2) is 0 Å². The molecule has 0 aliphatic rings. The monoisotopic (exact) mass is 193 g/mol. The molecule has 0 bridgehead atoms. The molecular formula is C7H12ClNO3. The van der Waals surface area contributed by atoms with Crippen molar-refractivity contribution in [3.8, 4) is 0 Å². The molecule has 5 heteroatoms. The number of hydrogen-bond donors (Lipinski definition) is 0. The third-order valence-electron chi connectivity index (χ3n) is 1.22. The van der Waals surface area contributed by atoms with Gasteiger partial charge in [0.2, 0.25) is 5.91 Å². The van der Waals surface area contributed by atoms with Crippen LogP contribution >= 0.6 is 11.6 Å². The van der Waals surface area contributed by atoms with E-state index < -0.39 is 12.0 Å². The molecule has 0 heterocycles. The summed E-state index contributed by atoms with van der Waals surface area (Å²) >= 11 is 5.27. The fourth-order valence-corrected chi connectivity index (χ4v) is 0.825. The van der Waals surface area contributed by atoms with Gasteiger partial charge >= 0.3 is 6.09 Å². The highest BCUT2D eigenvalue weighted by Crippen LogP contribution is 1.96. The molecule has 0 atom stereocenters. The standard InChI is InChI=1S/C7H12ClNO3/c1-3-9(6(10)5-8)7(11)12-4-2/h3-5H2,1-2H3. The number of halogens is 1. The first-order chi connectivity index (χ1) is 5.67. The second-order valence-corrected chi connectivity index (χ2v) is 2.24. The van der Waals surface area contributed by atoms with Crippen LogP contribution in [0.15, 0.2) is 0 Å². The van der Waals surface area contributed by atoms with Gasteiger partial charge in [-0.3, -0.25) is 4.79 Å². The minimum atomic E-state index is -0.634. The van der Waals surface area contributed by atoms with Crippen LogP contribution in [-0.4, -0.2) is 35.9 Å². The van der Waals surface area contributed by atoms with Crippen LogP contribution in [0, 0.1) is 0 Å². The van der Waals surface area contributed by atoms with Gasteiger partial charge < -0.3 is 4.74 Å². The van der Waals surface area contributed by atoms with Gasteiger partial charge in [0.05, 0.1) is 6.61 Å². The van der Waals surface area contributed by atoms with Crippen LogP contribution in [0.2, 0.25) is 0 Å². The third kappa shape index (κ3) is 3.09. The predicted octanol–water partition coefficient (Wildman–Crippen LogP) is 1.23. The van der Waals surface area contributed by atoms with Crippen molar-refractivity contribution in [3.63, 3.8) is 0 Å². The Bertz CT molecular complexity index is 172. The topological polar surface area (TPSA) is 46.6 Å². The number of carbonyl (C=O) groups excluding carboxylic acids is 2. The van der Waals surface area contributed by atoms with Gasteiger partial charge in [-0.05, 0) is 13.8 Å². The Morgan fingerprint density at radius 3 is 2.33 bits per heavy atom. The molecule has 0 aliphatic heterocycles. The lowest BCUT2D eigenvalue weighted by Crippen LogP contribution is -2.37. The third-order valence-corrected chi connectivity index (χ3v) is 1.45. The molecule has 0 aromatic heterocycles. The van der Waals surface area contributed by atoms with Crippen LogP contribution in [0.4, 0.5) is 4.79 Å². The van der Waals surface area contributed by atoms with E-state index in [0.717, 1.165) is 4.90 Å². The fraction of sp³-hybridized carbons (Fsp3) is 0.714. The highest BCUT2D eigenvalue weighted by Gasteiger charge is 2.18. The molecule has 0 N–H and O–H groups in total. The van der Waals surface area contributed by atoms with Gasteiger partial charge in [-0.15, -0.1) is 11.6 Å². The minimum Gasteiger partial charge on any atom is -0.449 e. The van der Waals surface area contributed by atoms with Gasteiger partial charge in [0.1, 0.15) is 5.88 Å². The molecule has 0 aromatic carbocycles. The lowest BCUT2D eigenvalue weighted by atomic mass is 10.5. The zero-order valence-electron chi connectivity index (χ0n) is 7.17. The molecule has 0 saturated heterocycles. The maximum Gasteiger partial charge on any atom is 0.416 e. The molecule has 0 aromatic rings. The lowest BCUT2D eigenvalue weighted by Gasteiger charge is -2.16. The van der Waals surface area contributed by atoms with Crippen LogP contribution < -0.4 is 0 Å². The maximum absolute atomic E-state index is 11.0. The smallest absolute Gasteiger partial charge is 0.416 e. The highest BCUT2D eigenvalue weighted by atomic mass is 35.5. The van der Waals surface area contributed by atoms with E-state index in [1.807, 2.05) is 0 Å². The van der Waals surface area contributed by atoms with Gasteiger partial charge in [0.25, 0.3) is 0 Å². The van der Waals surface area contributed by atoms with E-state index in [4.69, 9.17) is 11.6 Å². The first kappa shape index (κ1) is 11.2. The Morgan fingerprint density at radius 1 is 1.42 bits per heavy atom. The summed E-state index contributed by atoms with van der Waals surface area (Å²) in [6, 6.07) is 0. The Kier molecular flexibility index (Phi) is 5.45. The van der Waals surface area contributed by atoms with Crippen molar-refractivity contribution in [1.82, 2.24) is 4.90 Å². The Balaban J connectivity index is 4.14. The molecule has 0 rings (SSSR count). The van der Waals surface area contributed by atoms with Crippen molar-refractivity contribution in [1.29, 1.82) is 0 Å². The molecule has 0 aliphatic carbocycles. The molecule has 70 valence electrons. The van der Waals surface area contributed by atoms with Gasteiger partial charge in [-0.25, -0.2) is 9.69 Å². The summed E-state index contributed by atoms with van der Waals surface area (Å²) in [7, 11) is 0. The van der Waals surface area contributed by atoms with Crippen LogP contribution in [0.1, 0.15) is 13.8 Å². The van der Waals surface area contributed by atoms with Crippen molar-refractivity contribution in [2.45, 2.75) is 13.8 Å². The summed E-state index contributed by atoms with van der Waals surface area (Å²) in [4.78, 5) is 22.9. The average molecular weight is 194 g/mol. The minimum absolute atomic E-state index is 0.202. The van der Waals surface area contributed by atoms with Crippen molar-refractivity contribution in [3.05, 3.63) is 0 Å². The fourth-order valence-electron chi connectivity index (χ4n) is 0.681. The number of alkyl halides is 1. The second-order valence-electron chi connectivity index (χ2n) is 1.97. The van der Waals surface area contributed by atoms with Gasteiger partial charge in [-0.2, -0.15) is 0 Å². The Labute approximate surface area is 76.4 Å². The number of ether oxygens (including phenoxy) is 1. The van der Waals surface area contributed by atoms with Crippen LogP contribution in [0.3, 0.4) is 0 Å². The van der Waals surface area contributed by atoms with Crippen LogP contribution in [0.5, 0.6) is 0 Å². The first-order valence-corrected chi connectivity index (χ1v) is 4.23. The lowest BCUT2D eigenvalue weighted by molar-refractivity contribution is -0.126. The Hall–Kier alpha value is -0.770. The van der Waals surface area contributed by atoms with Gasteiger partial charge in [0, 0.05) is 6.54 Å². The zero-order valence-corrected chi connectivity index (χ0v) is 7.93. The van der Waals surface area contributed by atoms with Crippen molar-refractivity contribution in [2.24, 2.45) is 0 Å². The summed E-state index contributed by atoms with van der Waals surface area (Å²) in [5.41, 5.74) is 0. The SMILES string of the molecule is CCOC(=O)N(CC)C(=O)CCl. The van der Waals surface area contributed by atoms with E-state index in [2.05, 4.69) is 4.74 Å². The average Bonchev–Trinajstić information content (AvgIpc) is 2.06. The van der Waals surface area contributed by atoms with E-state index >= 15 is 0 Å². The summed E-state index contributed by atoms with van der Waals surface area (Å²) < 4.78 is 4.63. The van der Waals surface area contributed by atoms with Crippen LogP contribution in [-0.2, 0) is 9.53 Å². The van der Waals surface area contributed by atoms with E-state index in [0.29, 0.717) is 0 Å². The normalized spacial score (nSPS) is 9.25. The number of nitrogens with zero attached hydrogens (tertiary/aromatic N) is 1. The summed E-state index contributed by atoms with van der Waals surface area (Å²) in [6.45, 7) is 3.90. The molecule has 0 spiro atoms. The molecule has 4 nitrogen and oxygen atoms in total. The van der Waals surface area contributed by atoms with E-state index in [9.17, 15) is 9.59 Å². The second kappa shape index (κ2) is 5.83. The quantitative estimate of drug-likeness (QED) is 0.634. The number of imide groups is 1. The molecule has 0 saturated carbocycles. The molecular weight excluding hydrogens is 182 g/mol. The van der Waals surface area contributed by atoms with Crippen molar-refractivity contribution < 1.29 is 14.3 Å². The first-order valence-electron chi connectivity index (χ1n) is 3.70. The molecule has 0 fully saturated rings. The molecule has 12 heavy (non-hydrogen) atoms. The van der Waals surface area contributed by atoms with Crippen molar-refractivity contribution in [2.75, 3.05) is 19.0 Å². The van der Waals surface area contributed by atoms with Crippen molar-refractivity contribution >= 4 is 23.6 Å². The maximum atomic E-state index is 11.0. The summed E-state index contributed by atoms with van der Waals surface area (Å²) in [5.74, 6) is -0.634. The number of carbonyl (C=O) groups is 2. The van der Waals surface area contributed by atoms with Gasteiger partial charge in [-0.1, -0.05) is 0 Å². The Morgan fingerprint density at radius 2 is 2.00 bits per heavy atom. The number of hydrogen-bond acceptors (Lipinski definition) is 3.